The third kappa shape index (κ3) is 3.33. The first-order valence-electron chi connectivity index (χ1n) is 5.61. The molecule has 0 aliphatic carbocycles. The Kier molecular flexibility index (Phi) is 4.53. The number of carboxylic acids is 1. The molecule has 1 aromatic heterocycles. The molecule has 0 aromatic carbocycles. The second-order valence-electron chi connectivity index (χ2n) is 4.20. The molecule has 1 atom stereocenters. The van der Waals surface area contributed by atoms with Crippen LogP contribution in [0.3, 0.4) is 0 Å². The molecular formula is C11H17NO5S. The van der Waals surface area contributed by atoms with E-state index in [1.807, 2.05) is 13.8 Å². The van der Waals surface area contributed by atoms with E-state index in [0.29, 0.717) is 6.54 Å². The van der Waals surface area contributed by atoms with Crippen molar-refractivity contribution >= 4 is 16.0 Å². The second-order valence-corrected chi connectivity index (χ2v) is 5.94. The Bertz CT molecular complexity index is 532. The van der Waals surface area contributed by atoms with Gasteiger partial charge < -0.3 is 9.52 Å². The molecule has 0 saturated carbocycles. The zero-order chi connectivity index (χ0) is 13.9. The highest BCUT2D eigenvalue weighted by molar-refractivity contribution is 7.89. The van der Waals surface area contributed by atoms with E-state index in [0.717, 1.165) is 12.5 Å². The minimum Gasteiger partial charge on any atom is -0.475 e. The Morgan fingerprint density at radius 2 is 2.17 bits per heavy atom. The average molecular weight is 275 g/mol. The van der Waals surface area contributed by atoms with E-state index in [2.05, 4.69) is 4.72 Å². The summed E-state index contributed by atoms with van der Waals surface area (Å²) in [6.45, 7) is 5.62. The number of hydrogen-bond donors (Lipinski definition) is 2. The van der Waals surface area contributed by atoms with E-state index in [1.165, 1.54) is 6.92 Å². The van der Waals surface area contributed by atoms with Gasteiger partial charge in [-0.1, -0.05) is 20.3 Å². The third-order valence-corrected chi connectivity index (χ3v) is 4.22. The van der Waals surface area contributed by atoms with Gasteiger partial charge in [0, 0.05) is 12.6 Å². The number of carboxylic acid groups (broad SMARTS) is 1. The molecule has 2 N–H and O–H groups in total. The Morgan fingerprint density at radius 1 is 1.56 bits per heavy atom. The van der Waals surface area contributed by atoms with Crippen molar-refractivity contribution in [3.63, 3.8) is 0 Å². The van der Waals surface area contributed by atoms with Crippen LogP contribution in [-0.4, -0.2) is 26.0 Å². The summed E-state index contributed by atoms with van der Waals surface area (Å²) in [7, 11) is -3.72. The zero-order valence-electron chi connectivity index (χ0n) is 10.6. The summed E-state index contributed by atoms with van der Waals surface area (Å²) in [5.74, 6) is -1.38. The van der Waals surface area contributed by atoms with E-state index in [1.54, 1.807) is 0 Å². The number of furan rings is 1. The fourth-order valence-electron chi connectivity index (χ4n) is 1.31. The molecule has 0 aliphatic rings. The molecule has 1 aromatic rings. The highest BCUT2D eigenvalue weighted by atomic mass is 32.2. The van der Waals surface area contributed by atoms with Gasteiger partial charge in [-0.3, -0.25) is 0 Å². The predicted molar refractivity (Wildman–Crippen MR) is 65.0 cm³/mol. The summed E-state index contributed by atoms with van der Waals surface area (Å²) in [5.41, 5.74) is 0. The lowest BCUT2D eigenvalue weighted by Crippen LogP contribution is -2.28. The maximum Gasteiger partial charge on any atom is 0.371 e. The summed E-state index contributed by atoms with van der Waals surface area (Å²) in [5, 5.41) is 8.74. The quantitative estimate of drug-likeness (QED) is 0.822. The van der Waals surface area contributed by atoms with Crippen LogP contribution in [0.2, 0.25) is 0 Å². The first kappa shape index (κ1) is 14.7. The standard InChI is InChI=1S/C11H17NO5S/c1-4-7(2)6-12-18(15,16)10-5-9(11(13)14)17-8(10)3/h5,7,12H,4,6H2,1-3H3,(H,13,14). The van der Waals surface area contributed by atoms with E-state index < -0.39 is 16.0 Å². The molecule has 1 unspecified atom stereocenters. The van der Waals surface area contributed by atoms with Crippen LogP contribution in [0.15, 0.2) is 15.4 Å². The normalized spacial score (nSPS) is 13.5. The fraction of sp³-hybridized carbons (Fsp3) is 0.545. The van der Waals surface area contributed by atoms with Gasteiger partial charge in [-0.05, 0) is 12.8 Å². The molecule has 102 valence electrons. The van der Waals surface area contributed by atoms with Crippen LogP contribution >= 0.6 is 0 Å². The zero-order valence-corrected chi connectivity index (χ0v) is 11.4. The number of rotatable bonds is 6. The first-order chi connectivity index (χ1) is 8.27. The van der Waals surface area contributed by atoms with Gasteiger partial charge in [0.05, 0.1) is 0 Å². The topological polar surface area (TPSA) is 96.6 Å². The smallest absolute Gasteiger partial charge is 0.371 e. The molecule has 18 heavy (non-hydrogen) atoms. The number of aromatic carboxylic acids is 1. The SMILES string of the molecule is CCC(C)CNS(=O)(=O)c1cc(C(=O)O)oc1C. The van der Waals surface area contributed by atoms with Crippen LogP contribution in [0.5, 0.6) is 0 Å². The van der Waals surface area contributed by atoms with E-state index in [9.17, 15) is 13.2 Å². The molecule has 0 amide bonds. The largest absolute Gasteiger partial charge is 0.475 e. The lowest BCUT2D eigenvalue weighted by Gasteiger charge is -2.09. The lowest BCUT2D eigenvalue weighted by atomic mass is 10.1. The van der Waals surface area contributed by atoms with E-state index in [4.69, 9.17) is 9.52 Å². The number of hydrogen-bond acceptors (Lipinski definition) is 4. The van der Waals surface area contributed by atoms with Gasteiger partial charge >= 0.3 is 5.97 Å². The van der Waals surface area contributed by atoms with Gasteiger partial charge in [-0.2, -0.15) is 0 Å². The van der Waals surface area contributed by atoms with E-state index in [-0.39, 0.29) is 22.3 Å². The number of carbonyl (C=O) groups is 1. The lowest BCUT2D eigenvalue weighted by molar-refractivity contribution is 0.0661. The highest BCUT2D eigenvalue weighted by Crippen LogP contribution is 2.20. The predicted octanol–water partition coefficient (Wildman–Crippen LogP) is 1.61. The van der Waals surface area contributed by atoms with E-state index >= 15 is 0 Å². The van der Waals surface area contributed by atoms with Crippen LogP contribution in [-0.2, 0) is 10.0 Å². The molecule has 0 aliphatic heterocycles. The van der Waals surface area contributed by atoms with Gasteiger partial charge in [0.1, 0.15) is 10.7 Å². The monoisotopic (exact) mass is 275 g/mol. The van der Waals surface area contributed by atoms with Crippen LogP contribution in [0.25, 0.3) is 0 Å². The summed E-state index contributed by atoms with van der Waals surface area (Å²) in [6, 6.07) is 1.02. The number of sulfonamides is 1. The van der Waals surface area contributed by atoms with Crippen molar-refractivity contribution in [2.24, 2.45) is 5.92 Å². The van der Waals surface area contributed by atoms with Crippen molar-refractivity contribution in [1.29, 1.82) is 0 Å². The van der Waals surface area contributed by atoms with Crippen molar-refractivity contribution in [2.45, 2.75) is 32.1 Å². The Balaban J connectivity index is 2.95. The van der Waals surface area contributed by atoms with Gasteiger partial charge in [0.2, 0.25) is 15.8 Å². The van der Waals surface area contributed by atoms with Gasteiger partial charge in [0.25, 0.3) is 0 Å². The summed E-state index contributed by atoms with van der Waals surface area (Å²) in [6.07, 6.45) is 0.854. The fourth-order valence-corrected chi connectivity index (χ4v) is 2.65. The maximum absolute atomic E-state index is 11.9. The molecule has 0 fully saturated rings. The first-order valence-corrected chi connectivity index (χ1v) is 7.09. The molecular weight excluding hydrogens is 258 g/mol. The molecule has 0 spiro atoms. The molecule has 0 bridgehead atoms. The maximum atomic E-state index is 11.9. The van der Waals surface area contributed by atoms with Crippen molar-refractivity contribution in [2.75, 3.05) is 6.54 Å². The third-order valence-electron chi connectivity index (χ3n) is 2.69. The van der Waals surface area contributed by atoms with Gasteiger partial charge in [-0.15, -0.1) is 0 Å². The Labute approximate surface area is 106 Å². The van der Waals surface area contributed by atoms with Crippen molar-refractivity contribution in [3.05, 3.63) is 17.6 Å². The molecule has 0 saturated heterocycles. The molecule has 1 rings (SSSR count). The Morgan fingerprint density at radius 3 is 2.61 bits per heavy atom. The second kappa shape index (κ2) is 5.53. The molecule has 1 heterocycles. The van der Waals surface area contributed by atoms with Crippen molar-refractivity contribution < 1.29 is 22.7 Å². The summed E-state index contributed by atoms with van der Waals surface area (Å²) in [4.78, 5) is 10.6. The molecule has 6 nitrogen and oxygen atoms in total. The van der Waals surface area contributed by atoms with Crippen LogP contribution in [0.4, 0.5) is 0 Å². The van der Waals surface area contributed by atoms with Gasteiger partial charge in [0.15, 0.2) is 0 Å². The van der Waals surface area contributed by atoms with Crippen LogP contribution in [0, 0.1) is 12.8 Å². The molecule has 0 radical (unpaired) electrons. The van der Waals surface area contributed by atoms with Crippen molar-refractivity contribution in [3.8, 4) is 0 Å². The molecule has 7 heteroatoms. The number of nitrogens with one attached hydrogen (secondary N) is 1. The Hall–Kier alpha value is -1.34. The van der Waals surface area contributed by atoms with Crippen LogP contribution in [0.1, 0.15) is 36.6 Å². The summed E-state index contributed by atoms with van der Waals surface area (Å²) >= 11 is 0. The average Bonchev–Trinajstić information content (AvgIpc) is 2.69. The van der Waals surface area contributed by atoms with Crippen LogP contribution < -0.4 is 4.72 Å². The minimum atomic E-state index is -3.72. The minimum absolute atomic E-state index is 0.0732. The summed E-state index contributed by atoms with van der Waals surface area (Å²) < 4.78 is 31.2. The number of aryl methyl sites for hydroxylation is 1. The van der Waals surface area contributed by atoms with Gasteiger partial charge in [-0.25, -0.2) is 17.9 Å². The van der Waals surface area contributed by atoms with Crippen molar-refractivity contribution in [1.82, 2.24) is 4.72 Å². The highest BCUT2D eigenvalue weighted by Gasteiger charge is 2.23.